The molecule has 0 aliphatic carbocycles. The molecule has 0 atom stereocenters. The van der Waals surface area contributed by atoms with Gasteiger partial charge in [0.25, 0.3) is 5.91 Å². The number of amides is 1. The van der Waals surface area contributed by atoms with Crippen LogP contribution in [0.4, 0.5) is 10.1 Å². The van der Waals surface area contributed by atoms with Gasteiger partial charge in [0.2, 0.25) is 0 Å². The highest BCUT2D eigenvalue weighted by atomic mass is 35.5. The number of nitrogens with zero attached hydrogens (tertiary/aromatic N) is 1. The average molecular weight is 295 g/mol. The van der Waals surface area contributed by atoms with Crippen molar-refractivity contribution in [3.63, 3.8) is 0 Å². The van der Waals surface area contributed by atoms with Gasteiger partial charge in [0, 0.05) is 11.8 Å². The van der Waals surface area contributed by atoms with E-state index >= 15 is 0 Å². The minimum atomic E-state index is -1.24. The molecule has 7 heteroatoms. The Labute approximate surface area is 118 Å². The summed E-state index contributed by atoms with van der Waals surface area (Å²) in [6.45, 7) is 0. The Kier molecular flexibility index (Phi) is 3.95. The van der Waals surface area contributed by atoms with Crippen molar-refractivity contribution in [3.05, 3.63) is 58.6 Å². The van der Waals surface area contributed by atoms with Gasteiger partial charge < -0.3 is 10.4 Å². The zero-order valence-corrected chi connectivity index (χ0v) is 10.7. The molecule has 5 nitrogen and oxygen atoms in total. The van der Waals surface area contributed by atoms with Gasteiger partial charge in [0.05, 0.1) is 10.7 Å². The van der Waals surface area contributed by atoms with Gasteiger partial charge in [-0.05, 0) is 30.3 Å². The lowest BCUT2D eigenvalue weighted by atomic mass is 10.2. The maximum absolute atomic E-state index is 12.9. The molecule has 0 aliphatic rings. The summed E-state index contributed by atoms with van der Waals surface area (Å²) in [4.78, 5) is 26.3. The summed E-state index contributed by atoms with van der Waals surface area (Å²) in [5.74, 6) is -2.33. The number of carboxylic acid groups (broad SMARTS) is 1. The molecule has 0 saturated heterocycles. The number of nitrogens with one attached hydrogen (secondary N) is 1. The van der Waals surface area contributed by atoms with Crippen LogP contribution in [0.2, 0.25) is 5.02 Å². The molecular formula is C13H8ClFN2O3. The fraction of sp³-hybridized carbons (Fsp3) is 0. The summed E-state index contributed by atoms with van der Waals surface area (Å²) >= 11 is 5.78. The third kappa shape index (κ3) is 3.10. The first-order valence-electron chi connectivity index (χ1n) is 5.43. The molecule has 0 aliphatic heterocycles. The van der Waals surface area contributed by atoms with E-state index in [9.17, 15) is 14.0 Å². The van der Waals surface area contributed by atoms with Crippen molar-refractivity contribution in [3.8, 4) is 0 Å². The SMILES string of the molecule is O=C(Nc1ccc(F)cc1Cl)c1ccnc(C(=O)O)c1. The lowest BCUT2D eigenvalue weighted by molar-refractivity contribution is 0.0690. The highest BCUT2D eigenvalue weighted by Crippen LogP contribution is 2.23. The van der Waals surface area contributed by atoms with Crippen LogP contribution in [-0.2, 0) is 0 Å². The Bertz CT molecular complexity index is 691. The minimum Gasteiger partial charge on any atom is -0.477 e. The Morgan fingerprint density at radius 2 is 2.00 bits per heavy atom. The number of rotatable bonds is 3. The van der Waals surface area contributed by atoms with Crippen LogP contribution in [0.3, 0.4) is 0 Å². The first-order chi connectivity index (χ1) is 9.47. The maximum Gasteiger partial charge on any atom is 0.354 e. The summed E-state index contributed by atoms with van der Waals surface area (Å²) in [5.41, 5.74) is 0.0902. The van der Waals surface area contributed by atoms with E-state index in [4.69, 9.17) is 16.7 Å². The minimum absolute atomic E-state index is 0.0471. The monoisotopic (exact) mass is 294 g/mol. The summed E-state index contributed by atoms with van der Waals surface area (Å²) in [6.07, 6.45) is 1.21. The Morgan fingerprint density at radius 3 is 2.65 bits per heavy atom. The van der Waals surface area contributed by atoms with Crippen LogP contribution >= 0.6 is 11.6 Å². The van der Waals surface area contributed by atoms with E-state index in [-0.39, 0.29) is 22.0 Å². The number of benzene rings is 1. The van der Waals surface area contributed by atoms with Crippen molar-refractivity contribution in [2.75, 3.05) is 5.32 Å². The Balaban J connectivity index is 2.24. The molecule has 2 rings (SSSR count). The molecule has 1 heterocycles. The predicted octanol–water partition coefficient (Wildman–Crippen LogP) is 2.82. The number of carbonyl (C=O) groups excluding carboxylic acids is 1. The van der Waals surface area contributed by atoms with Crippen molar-refractivity contribution < 1.29 is 19.1 Å². The molecule has 0 spiro atoms. The van der Waals surface area contributed by atoms with Crippen LogP contribution < -0.4 is 5.32 Å². The molecule has 0 radical (unpaired) electrons. The van der Waals surface area contributed by atoms with Crippen molar-refractivity contribution in [2.24, 2.45) is 0 Å². The van der Waals surface area contributed by atoms with Crippen LogP contribution in [0.1, 0.15) is 20.8 Å². The normalized spacial score (nSPS) is 10.1. The van der Waals surface area contributed by atoms with Crippen LogP contribution in [0.5, 0.6) is 0 Å². The number of hydrogen-bond acceptors (Lipinski definition) is 3. The second kappa shape index (κ2) is 5.66. The maximum atomic E-state index is 12.9. The number of aromatic nitrogens is 1. The average Bonchev–Trinajstić information content (AvgIpc) is 2.42. The van der Waals surface area contributed by atoms with Gasteiger partial charge in [0.15, 0.2) is 0 Å². The molecule has 0 saturated carbocycles. The number of carbonyl (C=O) groups is 2. The number of halogens is 2. The first-order valence-corrected chi connectivity index (χ1v) is 5.81. The largest absolute Gasteiger partial charge is 0.477 e. The van der Waals surface area contributed by atoms with E-state index < -0.39 is 17.7 Å². The predicted molar refractivity (Wildman–Crippen MR) is 70.6 cm³/mol. The summed E-state index contributed by atoms with van der Waals surface area (Å²) in [5, 5.41) is 11.3. The topological polar surface area (TPSA) is 79.3 Å². The number of hydrogen-bond donors (Lipinski definition) is 2. The van der Waals surface area contributed by atoms with Crippen molar-refractivity contribution >= 4 is 29.2 Å². The standard InChI is InChI=1S/C13H8ClFN2O3/c14-9-6-8(15)1-2-10(9)17-12(18)7-3-4-16-11(5-7)13(19)20/h1-6H,(H,17,18)(H,19,20). The Hall–Kier alpha value is -2.47. The molecule has 0 bridgehead atoms. The molecule has 1 aromatic heterocycles. The van der Waals surface area contributed by atoms with Crippen LogP contribution in [0.15, 0.2) is 36.5 Å². The van der Waals surface area contributed by atoms with E-state index in [1.807, 2.05) is 0 Å². The molecule has 1 amide bonds. The number of aromatic carboxylic acids is 1. The quantitative estimate of drug-likeness (QED) is 0.912. The fourth-order valence-corrected chi connectivity index (χ4v) is 1.69. The highest BCUT2D eigenvalue weighted by Gasteiger charge is 2.12. The van der Waals surface area contributed by atoms with E-state index in [2.05, 4.69) is 10.3 Å². The number of pyridine rings is 1. The lowest BCUT2D eigenvalue weighted by Gasteiger charge is -2.07. The van der Waals surface area contributed by atoms with Gasteiger partial charge in [-0.3, -0.25) is 4.79 Å². The van der Waals surface area contributed by atoms with Gasteiger partial charge in [-0.1, -0.05) is 11.6 Å². The van der Waals surface area contributed by atoms with Crippen molar-refractivity contribution in [1.29, 1.82) is 0 Å². The van der Waals surface area contributed by atoms with Crippen LogP contribution in [0.25, 0.3) is 0 Å². The summed E-state index contributed by atoms with van der Waals surface area (Å²) < 4.78 is 12.9. The molecule has 20 heavy (non-hydrogen) atoms. The van der Waals surface area contributed by atoms with Crippen LogP contribution in [-0.4, -0.2) is 22.0 Å². The number of carboxylic acids is 1. The molecule has 2 aromatic rings. The van der Waals surface area contributed by atoms with E-state index in [0.29, 0.717) is 0 Å². The second-order valence-corrected chi connectivity index (χ2v) is 4.22. The summed E-state index contributed by atoms with van der Waals surface area (Å²) in [7, 11) is 0. The molecule has 0 unspecified atom stereocenters. The molecule has 102 valence electrons. The smallest absolute Gasteiger partial charge is 0.354 e. The van der Waals surface area contributed by atoms with Gasteiger partial charge >= 0.3 is 5.97 Å². The third-order valence-corrected chi connectivity index (χ3v) is 2.73. The van der Waals surface area contributed by atoms with Crippen LogP contribution in [0, 0.1) is 5.82 Å². The molecule has 2 N–H and O–H groups in total. The van der Waals surface area contributed by atoms with Gasteiger partial charge in [-0.25, -0.2) is 14.2 Å². The van der Waals surface area contributed by atoms with Gasteiger partial charge in [0.1, 0.15) is 11.5 Å². The van der Waals surface area contributed by atoms with Crippen molar-refractivity contribution in [2.45, 2.75) is 0 Å². The van der Waals surface area contributed by atoms with E-state index in [0.717, 1.165) is 18.2 Å². The molecular weight excluding hydrogens is 287 g/mol. The highest BCUT2D eigenvalue weighted by molar-refractivity contribution is 6.33. The van der Waals surface area contributed by atoms with E-state index in [1.165, 1.54) is 18.3 Å². The zero-order valence-electron chi connectivity index (χ0n) is 9.93. The zero-order chi connectivity index (χ0) is 14.7. The van der Waals surface area contributed by atoms with Crippen molar-refractivity contribution in [1.82, 2.24) is 4.98 Å². The lowest BCUT2D eigenvalue weighted by Crippen LogP contribution is -2.13. The second-order valence-electron chi connectivity index (χ2n) is 3.81. The molecule has 0 fully saturated rings. The molecule has 1 aromatic carbocycles. The summed E-state index contributed by atoms with van der Waals surface area (Å²) in [6, 6.07) is 6.02. The number of anilines is 1. The third-order valence-electron chi connectivity index (χ3n) is 2.42. The van der Waals surface area contributed by atoms with Gasteiger partial charge in [-0.15, -0.1) is 0 Å². The van der Waals surface area contributed by atoms with E-state index in [1.54, 1.807) is 0 Å². The Morgan fingerprint density at radius 1 is 1.25 bits per heavy atom. The first kappa shape index (κ1) is 14.0. The fourth-order valence-electron chi connectivity index (χ4n) is 1.47. The van der Waals surface area contributed by atoms with Gasteiger partial charge in [-0.2, -0.15) is 0 Å².